The van der Waals surface area contributed by atoms with Crippen molar-refractivity contribution in [2.24, 2.45) is 5.92 Å². The summed E-state index contributed by atoms with van der Waals surface area (Å²) in [6.07, 6.45) is 6.79. The first-order valence-corrected chi connectivity index (χ1v) is 12.6. The lowest BCUT2D eigenvalue weighted by atomic mass is 9.95. The van der Waals surface area contributed by atoms with E-state index in [1.807, 2.05) is 4.90 Å². The fourth-order valence-corrected chi connectivity index (χ4v) is 5.42. The van der Waals surface area contributed by atoms with Crippen LogP contribution in [0.3, 0.4) is 0 Å². The Hall–Kier alpha value is -2.68. The van der Waals surface area contributed by atoms with E-state index >= 15 is 0 Å². The van der Waals surface area contributed by atoms with Crippen LogP contribution in [0.25, 0.3) is 0 Å². The summed E-state index contributed by atoms with van der Waals surface area (Å²) in [5.41, 5.74) is 0.563. The summed E-state index contributed by atoms with van der Waals surface area (Å²) in [5, 5.41) is 5.94. The first-order valence-electron chi connectivity index (χ1n) is 12.6. The molecule has 2 aliphatic heterocycles. The Bertz CT molecular complexity index is 851. The van der Waals surface area contributed by atoms with Crippen molar-refractivity contribution in [3.63, 3.8) is 0 Å². The molecule has 0 bridgehead atoms. The van der Waals surface area contributed by atoms with Crippen LogP contribution in [0.1, 0.15) is 44.9 Å². The highest BCUT2D eigenvalue weighted by Crippen LogP contribution is 2.31. The van der Waals surface area contributed by atoms with Crippen molar-refractivity contribution in [3.8, 4) is 0 Å². The van der Waals surface area contributed by atoms with Gasteiger partial charge in [-0.2, -0.15) is 0 Å². The van der Waals surface area contributed by atoms with Crippen LogP contribution in [0.15, 0.2) is 24.3 Å². The molecule has 34 heavy (non-hydrogen) atoms. The molecule has 186 valence electrons. The number of likely N-dealkylation sites (tertiary alicyclic amines) is 1. The third-order valence-corrected chi connectivity index (χ3v) is 7.28. The number of nitrogens with one attached hydrogen (secondary N) is 2. The zero-order valence-electron chi connectivity index (χ0n) is 19.8. The Morgan fingerprint density at radius 1 is 1.00 bits per heavy atom. The maximum absolute atomic E-state index is 13.2. The van der Waals surface area contributed by atoms with Gasteiger partial charge in [-0.25, -0.2) is 9.18 Å². The van der Waals surface area contributed by atoms with E-state index in [4.69, 9.17) is 0 Å². The van der Waals surface area contributed by atoms with E-state index in [1.54, 1.807) is 17.0 Å². The third kappa shape index (κ3) is 6.25. The maximum Gasteiger partial charge on any atom is 0.321 e. The van der Waals surface area contributed by atoms with Gasteiger partial charge in [0, 0.05) is 57.9 Å². The van der Waals surface area contributed by atoms with Gasteiger partial charge in [0.15, 0.2) is 0 Å². The number of nitrogens with zero attached hydrogens (tertiary/aromatic N) is 3. The highest BCUT2D eigenvalue weighted by Gasteiger charge is 2.37. The zero-order valence-corrected chi connectivity index (χ0v) is 19.8. The van der Waals surface area contributed by atoms with Crippen LogP contribution >= 0.6 is 0 Å². The predicted octanol–water partition coefficient (Wildman–Crippen LogP) is 2.66. The van der Waals surface area contributed by atoms with Gasteiger partial charge in [0.1, 0.15) is 5.82 Å². The summed E-state index contributed by atoms with van der Waals surface area (Å²) in [6, 6.07) is 5.36. The fourth-order valence-electron chi connectivity index (χ4n) is 5.42. The quantitative estimate of drug-likeness (QED) is 0.569. The Kier molecular flexibility index (Phi) is 8.37. The Morgan fingerprint density at radius 2 is 1.71 bits per heavy atom. The van der Waals surface area contributed by atoms with E-state index in [1.165, 1.54) is 12.1 Å². The molecular weight excluding hydrogens is 437 g/mol. The summed E-state index contributed by atoms with van der Waals surface area (Å²) in [7, 11) is 0. The number of carbonyl (C=O) groups excluding carboxylic acids is 3. The number of piperazine rings is 1. The van der Waals surface area contributed by atoms with Crippen molar-refractivity contribution in [2.75, 3.05) is 51.1 Å². The van der Waals surface area contributed by atoms with E-state index in [0.717, 1.165) is 45.1 Å². The second-order valence-corrected chi connectivity index (χ2v) is 9.58. The molecule has 4 amide bonds. The molecule has 0 spiro atoms. The van der Waals surface area contributed by atoms with E-state index in [-0.39, 0.29) is 29.7 Å². The lowest BCUT2D eigenvalue weighted by Crippen LogP contribution is -2.58. The van der Waals surface area contributed by atoms with Crippen molar-refractivity contribution in [3.05, 3.63) is 30.1 Å². The minimum Gasteiger partial charge on any atom is -0.355 e. The van der Waals surface area contributed by atoms with Crippen molar-refractivity contribution in [1.29, 1.82) is 0 Å². The lowest BCUT2D eigenvalue weighted by molar-refractivity contribution is -0.129. The van der Waals surface area contributed by atoms with Crippen LogP contribution in [0, 0.1) is 11.7 Å². The summed E-state index contributed by atoms with van der Waals surface area (Å²) in [4.78, 5) is 43.5. The van der Waals surface area contributed by atoms with E-state index in [0.29, 0.717) is 57.3 Å². The second kappa shape index (κ2) is 11.6. The standard InChI is InChI=1S/C25H36FN5O3/c26-20-8-10-21(11-9-20)28-25(34)31-17-15-30(16-18-31)23(19-5-1-2-6-19)24(33)27-12-4-14-29-13-3-7-22(29)32/h8-11,19,23H,1-7,12-18H2,(H,27,33)(H,28,34). The third-order valence-electron chi connectivity index (χ3n) is 7.28. The average Bonchev–Trinajstić information content (AvgIpc) is 3.51. The molecule has 9 heteroatoms. The molecule has 2 N–H and O–H groups in total. The van der Waals surface area contributed by atoms with Gasteiger partial charge in [-0.15, -0.1) is 0 Å². The van der Waals surface area contributed by atoms with Crippen LogP contribution in [0.5, 0.6) is 0 Å². The van der Waals surface area contributed by atoms with Crippen molar-refractivity contribution in [2.45, 2.75) is 51.0 Å². The molecule has 4 rings (SSSR count). The van der Waals surface area contributed by atoms with Crippen LogP contribution in [0.2, 0.25) is 0 Å². The van der Waals surface area contributed by atoms with Crippen molar-refractivity contribution < 1.29 is 18.8 Å². The topological polar surface area (TPSA) is 85.0 Å². The largest absolute Gasteiger partial charge is 0.355 e. The average molecular weight is 474 g/mol. The molecule has 1 saturated carbocycles. The lowest BCUT2D eigenvalue weighted by Gasteiger charge is -2.40. The van der Waals surface area contributed by atoms with E-state index in [9.17, 15) is 18.8 Å². The molecule has 3 aliphatic rings. The summed E-state index contributed by atoms with van der Waals surface area (Å²) in [5.74, 6) is 0.299. The van der Waals surface area contributed by atoms with Crippen LogP contribution in [-0.4, -0.2) is 84.4 Å². The number of urea groups is 1. The molecule has 0 aromatic heterocycles. The Balaban J connectivity index is 1.26. The van der Waals surface area contributed by atoms with Crippen molar-refractivity contribution in [1.82, 2.24) is 20.0 Å². The molecule has 1 aromatic rings. The van der Waals surface area contributed by atoms with E-state index < -0.39 is 0 Å². The van der Waals surface area contributed by atoms with Gasteiger partial charge in [-0.1, -0.05) is 12.8 Å². The number of carbonyl (C=O) groups is 3. The zero-order chi connectivity index (χ0) is 23.9. The number of hydrogen-bond donors (Lipinski definition) is 2. The number of anilines is 1. The maximum atomic E-state index is 13.2. The molecule has 3 fully saturated rings. The smallest absolute Gasteiger partial charge is 0.321 e. The van der Waals surface area contributed by atoms with Gasteiger partial charge in [0.05, 0.1) is 6.04 Å². The van der Waals surface area contributed by atoms with Gasteiger partial charge < -0.3 is 20.4 Å². The number of amides is 4. The molecule has 1 aliphatic carbocycles. The number of hydrogen-bond acceptors (Lipinski definition) is 4. The van der Waals surface area contributed by atoms with Gasteiger partial charge in [0.2, 0.25) is 11.8 Å². The van der Waals surface area contributed by atoms with Crippen LogP contribution in [-0.2, 0) is 9.59 Å². The summed E-state index contributed by atoms with van der Waals surface area (Å²) in [6.45, 7) is 4.49. The number of benzene rings is 1. The SMILES string of the molecule is O=C(NCCCN1CCCC1=O)C(C1CCCC1)N1CCN(C(=O)Nc2ccc(F)cc2)CC1. The second-order valence-electron chi connectivity index (χ2n) is 9.58. The minimum absolute atomic E-state index is 0.0730. The molecule has 1 atom stereocenters. The fraction of sp³-hybridized carbons (Fsp3) is 0.640. The first-order chi connectivity index (χ1) is 16.5. The number of halogens is 1. The normalized spacial score (nSPS) is 20.6. The number of rotatable bonds is 8. The first kappa shape index (κ1) is 24.4. The van der Waals surface area contributed by atoms with Gasteiger partial charge in [-0.3, -0.25) is 14.5 Å². The van der Waals surface area contributed by atoms with Gasteiger partial charge in [0.25, 0.3) is 0 Å². The minimum atomic E-state index is -0.340. The molecule has 2 saturated heterocycles. The Labute approximate surface area is 200 Å². The molecular formula is C25H36FN5O3. The molecule has 2 heterocycles. The van der Waals surface area contributed by atoms with Crippen LogP contribution in [0.4, 0.5) is 14.9 Å². The molecule has 8 nitrogen and oxygen atoms in total. The molecule has 0 radical (unpaired) electrons. The van der Waals surface area contributed by atoms with E-state index in [2.05, 4.69) is 15.5 Å². The highest BCUT2D eigenvalue weighted by atomic mass is 19.1. The summed E-state index contributed by atoms with van der Waals surface area (Å²) < 4.78 is 13.1. The monoisotopic (exact) mass is 473 g/mol. The van der Waals surface area contributed by atoms with Gasteiger partial charge in [-0.05, 0) is 55.9 Å². The highest BCUT2D eigenvalue weighted by molar-refractivity contribution is 5.89. The van der Waals surface area contributed by atoms with Crippen molar-refractivity contribution >= 4 is 23.5 Å². The Morgan fingerprint density at radius 3 is 2.35 bits per heavy atom. The molecule has 1 unspecified atom stereocenters. The predicted molar refractivity (Wildman–Crippen MR) is 128 cm³/mol. The van der Waals surface area contributed by atoms with Crippen LogP contribution < -0.4 is 10.6 Å². The van der Waals surface area contributed by atoms with Gasteiger partial charge >= 0.3 is 6.03 Å². The molecule has 1 aromatic carbocycles. The summed E-state index contributed by atoms with van der Waals surface area (Å²) >= 11 is 0.